The summed E-state index contributed by atoms with van der Waals surface area (Å²) in [6.07, 6.45) is 1.39. The molecule has 1 N–H and O–H groups in total. The van der Waals surface area contributed by atoms with Crippen molar-refractivity contribution in [2.24, 2.45) is 0 Å². The van der Waals surface area contributed by atoms with Gasteiger partial charge in [0.05, 0.1) is 18.4 Å². The number of furan rings is 1. The lowest BCUT2D eigenvalue weighted by Crippen LogP contribution is -2.30. The number of amides is 2. The van der Waals surface area contributed by atoms with Gasteiger partial charge < -0.3 is 24.1 Å². The molecule has 1 aromatic carbocycles. The van der Waals surface area contributed by atoms with E-state index in [1.807, 2.05) is 0 Å². The quantitative estimate of drug-likeness (QED) is 0.513. The average Bonchev–Trinajstić information content (AvgIpc) is 3.42. The number of carbonyl (C=O) groups is 3. The zero-order chi connectivity index (χ0) is 23.3. The SMILES string of the molecule is COc1ccc(CN(C)C(=O)COC(=O)c2sc(NC(=O)c3ccco3)cc2C)cc1F. The summed E-state index contributed by atoms with van der Waals surface area (Å²) >= 11 is 1.03. The van der Waals surface area contributed by atoms with Gasteiger partial charge in [0.1, 0.15) is 4.88 Å². The Morgan fingerprint density at radius 3 is 2.66 bits per heavy atom. The van der Waals surface area contributed by atoms with E-state index in [1.165, 1.54) is 43.5 Å². The van der Waals surface area contributed by atoms with Crippen LogP contribution < -0.4 is 10.1 Å². The number of nitrogens with one attached hydrogen (secondary N) is 1. The number of halogens is 1. The lowest BCUT2D eigenvalue weighted by atomic mass is 10.2. The van der Waals surface area contributed by atoms with E-state index in [1.54, 1.807) is 25.1 Å². The van der Waals surface area contributed by atoms with Crippen LogP contribution in [-0.2, 0) is 16.1 Å². The first-order valence-corrected chi connectivity index (χ1v) is 10.3. The minimum absolute atomic E-state index is 0.114. The Hall–Kier alpha value is -3.66. The van der Waals surface area contributed by atoms with Crippen molar-refractivity contribution < 1.29 is 32.7 Å². The first kappa shape index (κ1) is 23.0. The second-order valence-electron chi connectivity index (χ2n) is 6.85. The molecule has 2 amide bonds. The molecule has 2 heterocycles. The maximum atomic E-state index is 13.8. The second-order valence-corrected chi connectivity index (χ2v) is 7.90. The third-order valence-electron chi connectivity index (χ3n) is 4.47. The van der Waals surface area contributed by atoms with Crippen LogP contribution in [-0.4, -0.2) is 43.4 Å². The Labute approximate surface area is 187 Å². The summed E-state index contributed by atoms with van der Waals surface area (Å²) in [5.41, 5.74) is 1.17. The zero-order valence-corrected chi connectivity index (χ0v) is 18.5. The number of benzene rings is 1. The molecule has 0 aliphatic heterocycles. The van der Waals surface area contributed by atoms with E-state index in [-0.39, 0.29) is 22.9 Å². The van der Waals surface area contributed by atoms with Crippen LogP contribution >= 0.6 is 11.3 Å². The Balaban J connectivity index is 1.54. The molecular weight excluding hydrogens is 439 g/mol. The Morgan fingerprint density at radius 1 is 1.22 bits per heavy atom. The van der Waals surface area contributed by atoms with Crippen molar-refractivity contribution in [1.82, 2.24) is 4.90 Å². The van der Waals surface area contributed by atoms with E-state index < -0.39 is 30.2 Å². The minimum Gasteiger partial charge on any atom is -0.494 e. The van der Waals surface area contributed by atoms with E-state index in [2.05, 4.69) is 5.32 Å². The highest BCUT2D eigenvalue weighted by Gasteiger charge is 2.20. The summed E-state index contributed by atoms with van der Waals surface area (Å²) in [7, 11) is 2.89. The minimum atomic E-state index is -0.678. The maximum Gasteiger partial charge on any atom is 0.349 e. The number of likely N-dealkylation sites (N-methyl/N-ethyl adjacent to an activating group) is 1. The smallest absolute Gasteiger partial charge is 0.349 e. The lowest BCUT2D eigenvalue weighted by molar-refractivity contribution is -0.133. The number of thiophene rings is 1. The summed E-state index contributed by atoms with van der Waals surface area (Å²) in [5.74, 6) is -1.84. The van der Waals surface area contributed by atoms with Gasteiger partial charge in [-0.1, -0.05) is 6.07 Å². The molecule has 0 aliphatic carbocycles. The van der Waals surface area contributed by atoms with Crippen LogP contribution in [0.25, 0.3) is 0 Å². The van der Waals surface area contributed by atoms with Crippen molar-refractivity contribution >= 4 is 34.1 Å². The molecule has 0 unspecified atom stereocenters. The fourth-order valence-electron chi connectivity index (χ4n) is 2.80. The highest BCUT2D eigenvalue weighted by molar-refractivity contribution is 7.18. The van der Waals surface area contributed by atoms with Gasteiger partial charge in [-0.2, -0.15) is 0 Å². The summed E-state index contributed by atoms with van der Waals surface area (Å²) in [5, 5.41) is 3.09. The number of rotatable bonds is 8. The number of hydrogen-bond acceptors (Lipinski definition) is 7. The van der Waals surface area contributed by atoms with Crippen LogP contribution in [0.15, 0.2) is 47.1 Å². The van der Waals surface area contributed by atoms with Gasteiger partial charge in [0.15, 0.2) is 23.9 Å². The third kappa shape index (κ3) is 5.52. The van der Waals surface area contributed by atoms with E-state index in [9.17, 15) is 18.8 Å². The topological polar surface area (TPSA) is 98.1 Å². The fourth-order valence-corrected chi connectivity index (χ4v) is 3.76. The number of aryl methyl sites for hydroxylation is 1. The number of hydrogen-bond donors (Lipinski definition) is 1. The highest BCUT2D eigenvalue weighted by Crippen LogP contribution is 2.28. The van der Waals surface area contributed by atoms with Crippen molar-refractivity contribution in [3.63, 3.8) is 0 Å². The number of carbonyl (C=O) groups excluding carboxylic acids is 3. The molecule has 3 aromatic rings. The monoisotopic (exact) mass is 460 g/mol. The van der Waals surface area contributed by atoms with Gasteiger partial charge in [0.25, 0.3) is 11.8 Å². The molecule has 0 fully saturated rings. The van der Waals surface area contributed by atoms with Gasteiger partial charge in [-0.15, -0.1) is 11.3 Å². The molecule has 0 aliphatic rings. The fraction of sp³-hybridized carbons (Fsp3) is 0.227. The molecule has 0 saturated heterocycles. The number of anilines is 1. The molecular formula is C22H21FN2O6S. The van der Waals surface area contributed by atoms with E-state index in [0.717, 1.165) is 11.3 Å². The predicted molar refractivity (Wildman–Crippen MR) is 115 cm³/mol. The first-order chi connectivity index (χ1) is 15.3. The maximum absolute atomic E-state index is 13.8. The molecule has 168 valence electrons. The Morgan fingerprint density at radius 2 is 2.00 bits per heavy atom. The molecule has 0 radical (unpaired) electrons. The van der Waals surface area contributed by atoms with E-state index in [4.69, 9.17) is 13.9 Å². The van der Waals surface area contributed by atoms with E-state index in [0.29, 0.717) is 16.1 Å². The number of esters is 1. The molecule has 32 heavy (non-hydrogen) atoms. The first-order valence-electron chi connectivity index (χ1n) is 9.47. The van der Waals surface area contributed by atoms with Crippen molar-refractivity contribution in [2.45, 2.75) is 13.5 Å². The van der Waals surface area contributed by atoms with Crippen molar-refractivity contribution in [3.8, 4) is 5.75 Å². The second kappa shape index (κ2) is 10.1. The van der Waals surface area contributed by atoms with Crippen LogP contribution in [0.1, 0.15) is 31.4 Å². The largest absolute Gasteiger partial charge is 0.494 e. The van der Waals surface area contributed by atoms with Crippen LogP contribution in [0.2, 0.25) is 0 Å². The molecule has 8 nitrogen and oxygen atoms in total. The molecule has 0 bridgehead atoms. The van der Waals surface area contributed by atoms with Crippen LogP contribution in [0.5, 0.6) is 5.75 Å². The molecule has 2 aromatic heterocycles. The van der Waals surface area contributed by atoms with Crippen molar-refractivity contribution in [1.29, 1.82) is 0 Å². The van der Waals surface area contributed by atoms with Gasteiger partial charge in [-0.3, -0.25) is 9.59 Å². The van der Waals surface area contributed by atoms with E-state index >= 15 is 0 Å². The standard InChI is InChI=1S/C22H21FN2O6S/c1-13-9-18(24-21(27)17-5-4-8-30-17)32-20(13)22(28)31-12-19(26)25(2)11-14-6-7-16(29-3)15(23)10-14/h4-10H,11-12H2,1-3H3,(H,24,27). The predicted octanol–water partition coefficient (Wildman–Crippen LogP) is 3.86. The van der Waals surface area contributed by atoms with Gasteiger partial charge in [0, 0.05) is 13.6 Å². The Bertz CT molecular complexity index is 1130. The summed E-state index contributed by atoms with van der Waals surface area (Å²) < 4.78 is 28.9. The zero-order valence-electron chi connectivity index (χ0n) is 17.6. The molecule has 10 heteroatoms. The number of nitrogens with zero attached hydrogens (tertiary/aromatic N) is 1. The van der Waals surface area contributed by atoms with Crippen molar-refractivity contribution in [3.05, 3.63) is 70.2 Å². The van der Waals surface area contributed by atoms with Crippen molar-refractivity contribution in [2.75, 3.05) is 26.1 Å². The number of methoxy groups -OCH3 is 1. The third-order valence-corrected chi connectivity index (χ3v) is 5.61. The van der Waals surface area contributed by atoms with Gasteiger partial charge in [0.2, 0.25) is 0 Å². The Kier molecular flexibility index (Phi) is 7.26. The molecule has 0 saturated carbocycles. The average molecular weight is 460 g/mol. The molecule has 3 rings (SSSR count). The van der Waals surface area contributed by atoms with Gasteiger partial charge in [-0.05, 0) is 48.4 Å². The summed E-state index contributed by atoms with van der Waals surface area (Å²) in [4.78, 5) is 38.4. The molecule has 0 atom stereocenters. The highest BCUT2D eigenvalue weighted by atomic mass is 32.1. The van der Waals surface area contributed by atoms with Crippen LogP contribution in [0.3, 0.4) is 0 Å². The summed E-state index contributed by atoms with van der Waals surface area (Å²) in [6, 6.07) is 9.15. The molecule has 0 spiro atoms. The number of ether oxygens (including phenoxy) is 2. The summed E-state index contributed by atoms with van der Waals surface area (Å²) in [6.45, 7) is 1.36. The normalized spacial score (nSPS) is 10.5. The lowest BCUT2D eigenvalue weighted by Gasteiger charge is -2.17. The van der Waals surface area contributed by atoms with Crippen LogP contribution in [0, 0.1) is 12.7 Å². The van der Waals surface area contributed by atoms with Gasteiger partial charge in [-0.25, -0.2) is 9.18 Å². The van der Waals surface area contributed by atoms with Crippen LogP contribution in [0.4, 0.5) is 9.39 Å². The van der Waals surface area contributed by atoms with Gasteiger partial charge >= 0.3 is 5.97 Å².